The van der Waals surface area contributed by atoms with Gasteiger partial charge in [0.05, 0.1) is 17.8 Å². The number of fused-ring (bicyclic) bond motifs is 1. The van der Waals surface area contributed by atoms with Gasteiger partial charge in [0.1, 0.15) is 0 Å². The van der Waals surface area contributed by atoms with E-state index in [-0.39, 0.29) is 11.8 Å². The van der Waals surface area contributed by atoms with E-state index in [0.717, 1.165) is 10.6 Å². The first kappa shape index (κ1) is 13.7. The minimum absolute atomic E-state index is 0.0377. The van der Waals surface area contributed by atoms with Crippen LogP contribution in [0.15, 0.2) is 35.6 Å². The predicted octanol–water partition coefficient (Wildman–Crippen LogP) is 1.43. The molecule has 108 valence electrons. The molecule has 0 aliphatic carbocycles. The van der Waals surface area contributed by atoms with Crippen LogP contribution < -0.4 is 10.6 Å². The molecule has 1 aliphatic heterocycles. The van der Waals surface area contributed by atoms with Gasteiger partial charge < -0.3 is 15.6 Å². The second kappa shape index (κ2) is 6.01. The lowest BCUT2D eigenvalue weighted by Crippen LogP contribution is -2.26. The van der Waals surface area contributed by atoms with E-state index in [1.807, 2.05) is 6.07 Å². The van der Waals surface area contributed by atoms with Crippen molar-refractivity contribution in [3.63, 3.8) is 0 Å². The van der Waals surface area contributed by atoms with Gasteiger partial charge in [0, 0.05) is 35.3 Å². The molecule has 3 N–H and O–H groups in total. The fourth-order valence-electron chi connectivity index (χ4n) is 2.06. The van der Waals surface area contributed by atoms with Crippen LogP contribution in [-0.4, -0.2) is 34.1 Å². The lowest BCUT2D eigenvalue weighted by molar-refractivity contribution is -0.113. The number of aromatic amines is 1. The van der Waals surface area contributed by atoms with Crippen molar-refractivity contribution in [3.05, 3.63) is 42.0 Å². The molecular formula is C14H14N4O2S. The van der Waals surface area contributed by atoms with Crippen molar-refractivity contribution in [2.75, 3.05) is 17.6 Å². The second-order valence-corrected chi connectivity index (χ2v) is 5.65. The van der Waals surface area contributed by atoms with E-state index in [9.17, 15) is 9.59 Å². The zero-order valence-electron chi connectivity index (χ0n) is 11.2. The number of nitrogens with zero attached hydrogens (tertiary/aromatic N) is 1. The van der Waals surface area contributed by atoms with Gasteiger partial charge in [0.15, 0.2) is 0 Å². The number of hydrogen-bond acceptors (Lipinski definition) is 4. The Morgan fingerprint density at radius 2 is 2.33 bits per heavy atom. The highest BCUT2D eigenvalue weighted by Gasteiger charge is 2.17. The molecule has 2 heterocycles. The predicted molar refractivity (Wildman–Crippen MR) is 80.4 cm³/mol. The Bertz CT molecular complexity index is 670. The zero-order chi connectivity index (χ0) is 14.7. The Balaban J connectivity index is 1.62. The summed E-state index contributed by atoms with van der Waals surface area (Å²) in [5, 5.41) is 5.63. The second-order valence-electron chi connectivity index (χ2n) is 4.63. The molecule has 0 unspecified atom stereocenters. The molecule has 1 aromatic carbocycles. The van der Waals surface area contributed by atoms with E-state index in [2.05, 4.69) is 20.6 Å². The van der Waals surface area contributed by atoms with E-state index in [1.165, 1.54) is 11.8 Å². The summed E-state index contributed by atoms with van der Waals surface area (Å²) in [5.41, 5.74) is 2.23. The number of imidazole rings is 1. The first-order valence-electron chi connectivity index (χ1n) is 6.54. The van der Waals surface area contributed by atoms with Crippen molar-refractivity contribution < 1.29 is 9.59 Å². The molecule has 0 spiro atoms. The third-order valence-corrected chi connectivity index (χ3v) is 4.18. The van der Waals surface area contributed by atoms with Crippen molar-refractivity contribution >= 4 is 29.3 Å². The molecule has 1 aromatic heterocycles. The number of nitrogens with one attached hydrogen (secondary N) is 3. The number of benzene rings is 1. The molecule has 1 aliphatic rings. The van der Waals surface area contributed by atoms with Gasteiger partial charge >= 0.3 is 0 Å². The lowest BCUT2D eigenvalue weighted by Gasteiger charge is -2.16. The Morgan fingerprint density at radius 1 is 1.43 bits per heavy atom. The summed E-state index contributed by atoms with van der Waals surface area (Å²) in [6.07, 6.45) is 4.04. The van der Waals surface area contributed by atoms with Crippen LogP contribution in [0.3, 0.4) is 0 Å². The molecule has 0 fully saturated rings. The van der Waals surface area contributed by atoms with Crippen LogP contribution in [0.4, 0.5) is 5.69 Å². The molecular weight excluding hydrogens is 288 g/mol. The van der Waals surface area contributed by atoms with Gasteiger partial charge in [-0.15, -0.1) is 11.8 Å². The van der Waals surface area contributed by atoms with E-state index in [1.54, 1.807) is 24.7 Å². The Morgan fingerprint density at radius 3 is 3.14 bits per heavy atom. The molecule has 21 heavy (non-hydrogen) atoms. The van der Waals surface area contributed by atoms with E-state index >= 15 is 0 Å². The normalized spacial score (nSPS) is 13.4. The van der Waals surface area contributed by atoms with Gasteiger partial charge in [-0.05, 0) is 18.2 Å². The highest BCUT2D eigenvalue weighted by molar-refractivity contribution is 8.00. The average Bonchev–Trinajstić information content (AvgIpc) is 2.99. The summed E-state index contributed by atoms with van der Waals surface area (Å²) in [6, 6.07) is 5.35. The first-order valence-corrected chi connectivity index (χ1v) is 7.53. The summed E-state index contributed by atoms with van der Waals surface area (Å²) in [6.45, 7) is 0.527. The number of aromatic nitrogens is 2. The van der Waals surface area contributed by atoms with Crippen LogP contribution in [0.1, 0.15) is 16.1 Å². The molecule has 0 atom stereocenters. The number of anilines is 1. The van der Waals surface area contributed by atoms with Crippen molar-refractivity contribution in [1.29, 1.82) is 0 Å². The molecule has 2 aromatic rings. The van der Waals surface area contributed by atoms with Crippen LogP contribution >= 0.6 is 11.8 Å². The van der Waals surface area contributed by atoms with E-state index < -0.39 is 0 Å². The fourth-order valence-corrected chi connectivity index (χ4v) is 2.85. The van der Waals surface area contributed by atoms with Crippen LogP contribution in [0.25, 0.3) is 0 Å². The maximum Gasteiger partial charge on any atom is 0.251 e. The summed E-state index contributed by atoms with van der Waals surface area (Å²) in [7, 11) is 0. The lowest BCUT2D eigenvalue weighted by atomic mass is 10.1. The van der Waals surface area contributed by atoms with Crippen LogP contribution in [-0.2, 0) is 11.2 Å². The number of hydrogen-bond donors (Lipinski definition) is 3. The van der Waals surface area contributed by atoms with Gasteiger partial charge in [-0.3, -0.25) is 9.59 Å². The van der Waals surface area contributed by atoms with Gasteiger partial charge in [-0.25, -0.2) is 4.98 Å². The van der Waals surface area contributed by atoms with E-state index in [0.29, 0.717) is 30.0 Å². The summed E-state index contributed by atoms with van der Waals surface area (Å²) >= 11 is 1.48. The summed E-state index contributed by atoms with van der Waals surface area (Å²) in [5.74, 6) is 0.231. The highest BCUT2D eigenvalue weighted by Crippen LogP contribution is 2.31. The maximum atomic E-state index is 12.1. The number of thioether (sulfide) groups is 1. The van der Waals surface area contributed by atoms with Gasteiger partial charge in [0.25, 0.3) is 5.91 Å². The van der Waals surface area contributed by atoms with Crippen LogP contribution in [0, 0.1) is 0 Å². The molecule has 0 bridgehead atoms. The molecule has 3 rings (SSSR count). The SMILES string of the molecule is O=C1CSc2ccc(C(=O)NCCc3cnc[nH]3)cc2N1. The van der Waals surface area contributed by atoms with Gasteiger partial charge in [-0.1, -0.05) is 0 Å². The Kier molecular flexibility index (Phi) is 3.92. The monoisotopic (exact) mass is 302 g/mol. The molecule has 0 saturated heterocycles. The van der Waals surface area contributed by atoms with Gasteiger partial charge in [0.2, 0.25) is 5.91 Å². The Hall–Kier alpha value is -2.28. The number of carbonyl (C=O) groups is 2. The minimum Gasteiger partial charge on any atom is -0.352 e. The summed E-state index contributed by atoms with van der Waals surface area (Å²) in [4.78, 5) is 31.3. The quantitative estimate of drug-likeness (QED) is 0.797. The number of amides is 2. The number of carbonyl (C=O) groups excluding carboxylic acids is 2. The number of H-pyrrole nitrogens is 1. The van der Waals surface area contributed by atoms with E-state index in [4.69, 9.17) is 0 Å². The van der Waals surface area contributed by atoms with Gasteiger partial charge in [-0.2, -0.15) is 0 Å². The molecule has 0 saturated carbocycles. The van der Waals surface area contributed by atoms with Crippen LogP contribution in [0.2, 0.25) is 0 Å². The third kappa shape index (κ3) is 3.25. The third-order valence-electron chi connectivity index (χ3n) is 3.11. The smallest absolute Gasteiger partial charge is 0.251 e. The number of rotatable bonds is 4. The molecule has 7 heteroatoms. The highest BCUT2D eigenvalue weighted by atomic mass is 32.2. The Labute approximate surface area is 125 Å². The molecule has 2 amide bonds. The first-order chi connectivity index (χ1) is 10.2. The zero-order valence-corrected chi connectivity index (χ0v) is 12.0. The maximum absolute atomic E-state index is 12.1. The van der Waals surface area contributed by atoms with Crippen molar-refractivity contribution in [1.82, 2.24) is 15.3 Å². The summed E-state index contributed by atoms with van der Waals surface area (Å²) < 4.78 is 0. The van der Waals surface area contributed by atoms with Crippen molar-refractivity contribution in [2.24, 2.45) is 0 Å². The van der Waals surface area contributed by atoms with Crippen molar-refractivity contribution in [2.45, 2.75) is 11.3 Å². The average molecular weight is 302 g/mol. The molecule has 0 radical (unpaired) electrons. The fraction of sp³-hybridized carbons (Fsp3) is 0.214. The minimum atomic E-state index is -0.151. The van der Waals surface area contributed by atoms with Crippen molar-refractivity contribution in [3.8, 4) is 0 Å². The van der Waals surface area contributed by atoms with Crippen LogP contribution in [0.5, 0.6) is 0 Å². The largest absolute Gasteiger partial charge is 0.352 e. The molecule has 6 nitrogen and oxygen atoms in total. The standard InChI is InChI=1S/C14H14N4O2S/c19-13-7-21-12-2-1-9(5-11(12)18-13)14(20)16-4-3-10-6-15-8-17-10/h1-2,5-6,8H,3-4,7H2,(H,15,17)(H,16,20)(H,18,19). The topological polar surface area (TPSA) is 86.9 Å².